The van der Waals surface area contributed by atoms with E-state index in [0.29, 0.717) is 32.8 Å². The number of alkyl halides is 3. The lowest BCUT2D eigenvalue weighted by Gasteiger charge is -2.38. The van der Waals surface area contributed by atoms with Gasteiger partial charge in [-0.3, -0.25) is 4.79 Å². The van der Waals surface area contributed by atoms with Crippen molar-refractivity contribution in [2.45, 2.75) is 97.1 Å². The van der Waals surface area contributed by atoms with E-state index in [4.69, 9.17) is 15.6 Å². The molecule has 33 heavy (non-hydrogen) atoms. The van der Waals surface area contributed by atoms with Gasteiger partial charge in [0, 0.05) is 41.8 Å². The summed E-state index contributed by atoms with van der Waals surface area (Å²) >= 11 is 0. The molecule has 7 nitrogen and oxygen atoms in total. The first kappa shape index (κ1) is 29.5. The second-order valence-electron chi connectivity index (χ2n) is 9.57. The largest absolute Gasteiger partial charge is 0.471 e. The molecule has 0 unspecified atom stereocenters. The molecule has 0 N–H and O–H groups in total. The van der Waals surface area contributed by atoms with E-state index in [1.165, 1.54) is 7.11 Å². The van der Waals surface area contributed by atoms with Crippen LogP contribution in [0.5, 0.6) is 0 Å². The van der Waals surface area contributed by atoms with Gasteiger partial charge >= 0.3 is 18.2 Å². The zero-order valence-corrected chi connectivity index (χ0v) is 21.4. The number of amides is 2. The Kier molecular flexibility index (Phi) is 11.4. The molecule has 2 aliphatic heterocycles. The maximum atomic E-state index is 12.1. The van der Waals surface area contributed by atoms with Crippen LogP contribution >= 0.6 is 0 Å². The molecule has 0 saturated carbocycles. The first-order valence-electron chi connectivity index (χ1n) is 11.9. The summed E-state index contributed by atoms with van der Waals surface area (Å²) in [7, 11) is 3.25. The summed E-state index contributed by atoms with van der Waals surface area (Å²) in [5.74, 6) is -1.75. The fourth-order valence-corrected chi connectivity index (χ4v) is 3.26. The van der Waals surface area contributed by atoms with E-state index in [1.807, 2.05) is 27.7 Å². The molecule has 2 heterocycles. The molecule has 0 bridgehead atoms. The Labute approximate surface area is 198 Å². The second kappa shape index (κ2) is 12.8. The number of halogens is 3. The number of ether oxygens (including phenoxy) is 3. The van der Waals surface area contributed by atoms with Crippen molar-refractivity contribution in [1.29, 1.82) is 0 Å². The summed E-state index contributed by atoms with van der Waals surface area (Å²) in [5.41, 5.74) is -0.903. The number of nitrogens with zero attached hydrogens (tertiary/aromatic N) is 2. The summed E-state index contributed by atoms with van der Waals surface area (Å²) in [6.45, 7) is 13.5. The van der Waals surface area contributed by atoms with Crippen molar-refractivity contribution in [2.24, 2.45) is 0 Å². The summed E-state index contributed by atoms with van der Waals surface area (Å²) in [6.07, 6.45) is -2.38. The summed E-state index contributed by atoms with van der Waals surface area (Å²) in [5, 5.41) is 0. The highest BCUT2D eigenvalue weighted by Gasteiger charge is 2.44. The number of hydrogen-bond donors (Lipinski definition) is 0. The van der Waals surface area contributed by atoms with Crippen molar-refractivity contribution >= 4 is 12.0 Å². The molecule has 0 aromatic carbocycles. The molecular weight excluding hydrogens is 441 g/mol. The monoisotopic (exact) mass is 485 g/mol. The van der Waals surface area contributed by atoms with Crippen molar-refractivity contribution in [3.63, 3.8) is 0 Å². The highest BCUT2D eigenvalue weighted by molar-refractivity contribution is 5.81. The van der Waals surface area contributed by atoms with Gasteiger partial charge in [-0.1, -0.05) is 13.8 Å². The molecule has 2 fully saturated rings. The van der Waals surface area contributed by atoms with Crippen LogP contribution in [0, 0.1) is 0 Å². The van der Waals surface area contributed by atoms with Crippen LogP contribution in [0.15, 0.2) is 0 Å². The maximum absolute atomic E-state index is 12.1. The van der Waals surface area contributed by atoms with E-state index in [0.717, 1.165) is 17.7 Å². The minimum Gasteiger partial charge on any atom is -0.444 e. The summed E-state index contributed by atoms with van der Waals surface area (Å²) in [6, 6.07) is 0. The van der Waals surface area contributed by atoms with Gasteiger partial charge in [0.1, 0.15) is 5.60 Å². The normalized spacial score (nSPS) is 20.4. The van der Waals surface area contributed by atoms with Gasteiger partial charge in [0.05, 0.1) is 11.2 Å². The molecule has 0 aliphatic carbocycles. The topological polar surface area (TPSA) is 68.3 Å². The van der Waals surface area contributed by atoms with Crippen molar-refractivity contribution in [3.8, 4) is 0 Å². The Bertz CT molecular complexity index is 625. The van der Waals surface area contributed by atoms with Crippen LogP contribution < -0.4 is 0 Å². The molecule has 196 valence electrons. The van der Waals surface area contributed by atoms with E-state index in [1.54, 1.807) is 18.9 Å². The number of rotatable bonds is 2. The number of carbonyl (C=O) groups excluding carboxylic acids is 2. The van der Waals surface area contributed by atoms with E-state index in [-0.39, 0.29) is 24.8 Å². The van der Waals surface area contributed by atoms with Crippen molar-refractivity contribution in [1.82, 2.24) is 9.80 Å². The van der Waals surface area contributed by atoms with Gasteiger partial charge in [0.15, 0.2) is 0 Å². The van der Waals surface area contributed by atoms with Gasteiger partial charge in [-0.25, -0.2) is 4.79 Å². The van der Waals surface area contributed by atoms with Crippen molar-refractivity contribution < 1.29 is 38.3 Å². The van der Waals surface area contributed by atoms with Gasteiger partial charge in [-0.2, -0.15) is 13.2 Å². The number of carbonyl (C=O) groups is 2. The van der Waals surface area contributed by atoms with Gasteiger partial charge in [-0.05, 0) is 60.3 Å². The molecule has 2 amide bonds. The van der Waals surface area contributed by atoms with Crippen LogP contribution in [0.1, 0.15) is 75.5 Å². The van der Waals surface area contributed by atoms with E-state index < -0.39 is 23.3 Å². The molecule has 0 atom stereocenters. The first-order valence-corrected chi connectivity index (χ1v) is 11.2. The van der Waals surface area contributed by atoms with Crippen LogP contribution in [0.2, 0.25) is 0 Å². The summed E-state index contributed by atoms with van der Waals surface area (Å²) in [4.78, 5) is 25.2. The lowest BCUT2D eigenvalue weighted by molar-refractivity contribution is -0.188. The minimum atomic E-state index is -4.76. The fourth-order valence-electron chi connectivity index (χ4n) is 3.26. The molecule has 0 radical (unpaired) electrons. The fraction of sp³-hybridized carbons (Fsp3) is 0.913. The SMILES string of the molecule is COC1(C)CCN(C(=O)C(F)(F)F)CC1.COC1(C)CCN(C(=O)OC(C)(C)C)CC1.[2H]CC. The number of hydrogen-bond acceptors (Lipinski definition) is 5. The van der Waals surface area contributed by atoms with Gasteiger partial charge in [0.25, 0.3) is 0 Å². The van der Waals surface area contributed by atoms with Crippen LogP contribution in [0.4, 0.5) is 18.0 Å². The van der Waals surface area contributed by atoms with Gasteiger partial charge in [0.2, 0.25) is 0 Å². The highest BCUT2D eigenvalue weighted by Crippen LogP contribution is 2.28. The average molecular weight is 486 g/mol. The molecule has 2 aliphatic rings. The third-order valence-electron chi connectivity index (χ3n) is 5.81. The highest BCUT2D eigenvalue weighted by atomic mass is 19.4. The molecular formula is C23H43F3N2O5. The molecule has 0 aromatic rings. The Morgan fingerprint density at radius 2 is 1.18 bits per heavy atom. The zero-order chi connectivity index (χ0) is 26.8. The lowest BCUT2D eigenvalue weighted by atomic mass is 9.93. The molecule has 2 rings (SSSR count). The van der Waals surface area contributed by atoms with Crippen LogP contribution in [-0.2, 0) is 19.0 Å². The third kappa shape index (κ3) is 10.9. The van der Waals surface area contributed by atoms with Crippen molar-refractivity contribution in [2.75, 3.05) is 40.4 Å². The molecule has 0 aromatic heterocycles. The third-order valence-corrected chi connectivity index (χ3v) is 5.81. The number of likely N-dealkylation sites (tertiary alicyclic amines) is 2. The van der Waals surface area contributed by atoms with Gasteiger partial charge < -0.3 is 24.0 Å². The molecule has 2 saturated heterocycles. The van der Waals surface area contributed by atoms with Crippen molar-refractivity contribution in [3.05, 3.63) is 0 Å². The smallest absolute Gasteiger partial charge is 0.444 e. The molecule has 10 heteroatoms. The lowest BCUT2D eigenvalue weighted by Crippen LogP contribution is -2.50. The first-order chi connectivity index (χ1) is 15.5. The van der Waals surface area contributed by atoms with Crippen LogP contribution in [-0.4, -0.2) is 85.2 Å². The van der Waals surface area contributed by atoms with E-state index in [9.17, 15) is 22.8 Å². The van der Waals surface area contributed by atoms with E-state index in [2.05, 4.69) is 6.92 Å². The Hall–Kier alpha value is -1.55. The summed E-state index contributed by atoms with van der Waals surface area (Å²) < 4.78 is 58.4. The zero-order valence-electron chi connectivity index (χ0n) is 22.4. The van der Waals surface area contributed by atoms with Crippen LogP contribution in [0.25, 0.3) is 0 Å². The van der Waals surface area contributed by atoms with Crippen LogP contribution in [0.3, 0.4) is 0 Å². The second-order valence-corrected chi connectivity index (χ2v) is 9.57. The van der Waals surface area contributed by atoms with Gasteiger partial charge in [-0.15, -0.1) is 0 Å². The standard InChI is InChI=1S/C12H23NO3.C9H14F3NO2.C2H6/c1-11(2,3)16-10(14)13-8-6-12(4,15-5)7-9-13;1-8(15-2)3-5-13(6-4-8)7(14)9(10,11)12;1-2/h6-9H2,1-5H3;3-6H2,1-2H3;1-2H3/i;;1D. The predicted molar refractivity (Wildman–Crippen MR) is 121 cm³/mol. The maximum Gasteiger partial charge on any atom is 0.471 e. The minimum absolute atomic E-state index is 0.0848. The van der Waals surface area contributed by atoms with E-state index >= 15 is 0 Å². The quantitative estimate of drug-likeness (QED) is 0.549. The molecule has 0 spiro atoms. The Morgan fingerprint density at radius 3 is 1.45 bits per heavy atom. The Morgan fingerprint density at radius 1 is 0.848 bits per heavy atom. The number of piperidine rings is 2. The average Bonchev–Trinajstić information content (AvgIpc) is 2.73. The number of methoxy groups -OCH3 is 2. The Balaban J connectivity index is 0.000000575. The predicted octanol–water partition coefficient (Wildman–Crippen LogP) is 5.02.